The van der Waals surface area contributed by atoms with E-state index in [1.165, 1.54) is 25.7 Å². The van der Waals surface area contributed by atoms with E-state index in [0.717, 1.165) is 16.6 Å². The summed E-state index contributed by atoms with van der Waals surface area (Å²) in [6, 6.07) is 6.01. The maximum absolute atomic E-state index is 9.94. The molecule has 4 heteroatoms. The number of phenolic OH excluding ortho intramolecular Hbond substituents is 1. The Morgan fingerprint density at radius 3 is 3.00 bits per heavy atom. The Bertz CT molecular complexity index is 438. The molecule has 3 nitrogen and oxygen atoms in total. The largest absolute Gasteiger partial charge is 0.508 e. The summed E-state index contributed by atoms with van der Waals surface area (Å²) in [7, 11) is 0. The first-order chi connectivity index (χ1) is 8.74. The third-order valence-corrected chi connectivity index (χ3v) is 4.52. The molecule has 18 heavy (non-hydrogen) atoms. The van der Waals surface area contributed by atoms with Crippen LogP contribution in [0.4, 0.5) is 0 Å². The SMILES string of the molecule is Oc1ccc(Br)cc1C1N[C@H]2CCCC[C@@H]2CO1. The molecule has 1 aromatic rings. The zero-order valence-corrected chi connectivity index (χ0v) is 11.8. The van der Waals surface area contributed by atoms with Crippen LogP contribution in [0.2, 0.25) is 0 Å². The summed E-state index contributed by atoms with van der Waals surface area (Å²) in [6.45, 7) is 0.800. The number of benzene rings is 1. The minimum absolute atomic E-state index is 0.179. The Hall–Kier alpha value is -0.580. The van der Waals surface area contributed by atoms with Gasteiger partial charge in [0.25, 0.3) is 0 Å². The van der Waals surface area contributed by atoms with Crippen molar-refractivity contribution in [3.05, 3.63) is 28.2 Å². The van der Waals surface area contributed by atoms with Gasteiger partial charge in [-0.2, -0.15) is 0 Å². The lowest BCUT2D eigenvalue weighted by Gasteiger charge is -2.40. The van der Waals surface area contributed by atoms with E-state index >= 15 is 0 Å². The number of fused-ring (bicyclic) bond motifs is 1. The molecule has 2 fully saturated rings. The minimum Gasteiger partial charge on any atom is -0.508 e. The minimum atomic E-state index is -0.179. The van der Waals surface area contributed by atoms with E-state index < -0.39 is 0 Å². The van der Waals surface area contributed by atoms with Crippen molar-refractivity contribution < 1.29 is 9.84 Å². The molecule has 0 radical (unpaired) electrons. The van der Waals surface area contributed by atoms with Gasteiger partial charge in [-0.3, -0.25) is 5.32 Å². The van der Waals surface area contributed by atoms with Gasteiger partial charge in [0.15, 0.2) is 0 Å². The highest BCUT2D eigenvalue weighted by Crippen LogP contribution is 2.35. The van der Waals surface area contributed by atoms with Gasteiger partial charge in [0.1, 0.15) is 12.0 Å². The van der Waals surface area contributed by atoms with Crippen LogP contribution in [0.3, 0.4) is 0 Å². The topological polar surface area (TPSA) is 41.5 Å². The number of nitrogens with one attached hydrogen (secondary N) is 1. The van der Waals surface area contributed by atoms with E-state index in [-0.39, 0.29) is 6.23 Å². The van der Waals surface area contributed by atoms with Gasteiger partial charge < -0.3 is 9.84 Å². The number of hydrogen-bond acceptors (Lipinski definition) is 3. The Balaban J connectivity index is 1.79. The summed E-state index contributed by atoms with van der Waals surface area (Å²) in [4.78, 5) is 0. The highest BCUT2D eigenvalue weighted by Gasteiger charge is 2.33. The van der Waals surface area contributed by atoms with Crippen molar-refractivity contribution in [3.8, 4) is 5.75 Å². The fourth-order valence-electron chi connectivity index (χ4n) is 3.00. The highest BCUT2D eigenvalue weighted by molar-refractivity contribution is 9.10. The molecule has 1 aromatic carbocycles. The van der Waals surface area contributed by atoms with E-state index in [4.69, 9.17) is 4.74 Å². The molecule has 1 aliphatic carbocycles. The van der Waals surface area contributed by atoms with Gasteiger partial charge in [0.2, 0.25) is 0 Å². The van der Waals surface area contributed by atoms with Gasteiger partial charge in [-0.05, 0) is 37.0 Å². The molecule has 3 rings (SSSR count). The van der Waals surface area contributed by atoms with Crippen molar-refractivity contribution in [2.45, 2.75) is 38.0 Å². The summed E-state index contributed by atoms with van der Waals surface area (Å²) >= 11 is 3.44. The molecular weight excluding hydrogens is 294 g/mol. The van der Waals surface area contributed by atoms with Gasteiger partial charge >= 0.3 is 0 Å². The van der Waals surface area contributed by atoms with Crippen LogP contribution in [-0.4, -0.2) is 17.8 Å². The van der Waals surface area contributed by atoms with E-state index in [1.54, 1.807) is 6.07 Å². The van der Waals surface area contributed by atoms with Gasteiger partial charge in [-0.15, -0.1) is 0 Å². The van der Waals surface area contributed by atoms with Crippen molar-refractivity contribution in [2.24, 2.45) is 5.92 Å². The van der Waals surface area contributed by atoms with Crippen LogP contribution in [0.25, 0.3) is 0 Å². The molecule has 0 spiro atoms. The maximum Gasteiger partial charge on any atom is 0.138 e. The van der Waals surface area contributed by atoms with Crippen molar-refractivity contribution >= 4 is 15.9 Å². The number of rotatable bonds is 1. The molecule has 1 saturated carbocycles. The number of aromatic hydroxyl groups is 1. The summed E-state index contributed by atoms with van der Waals surface area (Å²) in [5.41, 5.74) is 0.827. The number of ether oxygens (including phenoxy) is 1. The number of hydrogen-bond donors (Lipinski definition) is 2. The second kappa shape index (κ2) is 5.19. The van der Waals surface area contributed by atoms with Crippen molar-refractivity contribution in [2.75, 3.05) is 6.61 Å². The van der Waals surface area contributed by atoms with Gasteiger partial charge in [-0.25, -0.2) is 0 Å². The van der Waals surface area contributed by atoms with Gasteiger partial charge in [0.05, 0.1) is 6.61 Å². The van der Waals surface area contributed by atoms with Gasteiger partial charge in [0, 0.05) is 16.1 Å². The standard InChI is InChI=1S/C14H18BrNO2/c15-10-5-6-13(17)11(7-10)14-16-12-4-2-1-3-9(12)8-18-14/h5-7,9,12,14,16-17H,1-4,8H2/t9-,12+,14?/m1/s1. The number of phenols is 1. The van der Waals surface area contributed by atoms with Crippen LogP contribution < -0.4 is 5.32 Å². The summed E-state index contributed by atoms with van der Waals surface area (Å²) in [5, 5.41) is 13.5. The molecule has 0 aromatic heterocycles. The van der Waals surface area contributed by atoms with E-state index in [2.05, 4.69) is 21.2 Å². The summed E-state index contributed by atoms with van der Waals surface area (Å²) < 4.78 is 6.84. The van der Waals surface area contributed by atoms with Crippen LogP contribution in [0.15, 0.2) is 22.7 Å². The molecule has 2 aliphatic rings. The number of halogens is 1. The van der Waals surface area contributed by atoms with Crippen LogP contribution in [-0.2, 0) is 4.74 Å². The van der Waals surface area contributed by atoms with Crippen LogP contribution >= 0.6 is 15.9 Å². The average Bonchev–Trinajstić information content (AvgIpc) is 2.41. The Morgan fingerprint density at radius 1 is 1.28 bits per heavy atom. The quantitative estimate of drug-likeness (QED) is 0.836. The third kappa shape index (κ3) is 2.42. The smallest absolute Gasteiger partial charge is 0.138 e. The molecule has 1 unspecified atom stereocenters. The molecule has 1 heterocycles. The summed E-state index contributed by atoms with van der Waals surface area (Å²) in [6.07, 6.45) is 4.92. The normalized spacial score (nSPS) is 31.9. The Morgan fingerprint density at radius 2 is 2.11 bits per heavy atom. The molecule has 1 saturated heterocycles. The molecular formula is C14H18BrNO2. The zero-order valence-electron chi connectivity index (χ0n) is 10.2. The monoisotopic (exact) mass is 311 g/mol. The van der Waals surface area contributed by atoms with E-state index in [9.17, 15) is 5.11 Å². The maximum atomic E-state index is 9.94. The molecule has 3 atom stereocenters. The Labute approximate surface area is 116 Å². The lowest BCUT2D eigenvalue weighted by Crippen LogP contribution is -2.48. The second-order valence-electron chi connectivity index (χ2n) is 5.23. The molecule has 0 bridgehead atoms. The molecule has 0 amide bonds. The van der Waals surface area contributed by atoms with E-state index in [1.807, 2.05) is 12.1 Å². The van der Waals surface area contributed by atoms with Crippen molar-refractivity contribution in [3.63, 3.8) is 0 Å². The molecule has 2 N–H and O–H groups in total. The van der Waals surface area contributed by atoms with Crippen molar-refractivity contribution in [1.29, 1.82) is 0 Å². The van der Waals surface area contributed by atoms with Crippen LogP contribution in [0, 0.1) is 5.92 Å². The fourth-order valence-corrected chi connectivity index (χ4v) is 3.38. The lowest BCUT2D eigenvalue weighted by molar-refractivity contribution is -0.0648. The second-order valence-corrected chi connectivity index (χ2v) is 6.15. The average molecular weight is 312 g/mol. The first-order valence-corrected chi connectivity index (χ1v) is 7.39. The Kier molecular flexibility index (Phi) is 3.59. The van der Waals surface area contributed by atoms with E-state index in [0.29, 0.717) is 17.7 Å². The first kappa shape index (κ1) is 12.5. The van der Waals surface area contributed by atoms with Crippen LogP contribution in [0.1, 0.15) is 37.5 Å². The summed E-state index contributed by atoms with van der Waals surface area (Å²) in [5.74, 6) is 0.939. The third-order valence-electron chi connectivity index (χ3n) is 4.02. The van der Waals surface area contributed by atoms with Gasteiger partial charge in [-0.1, -0.05) is 28.8 Å². The highest BCUT2D eigenvalue weighted by atomic mass is 79.9. The van der Waals surface area contributed by atoms with Crippen LogP contribution in [0.5, 0.6) is 5.75 Å². The zero-order chi connectivity index (χ0) is 12.5. The molecule has 1 aliphatic heterocycles. The predicted octanol–water partition coefficient (Wildman–Crippen LogP) is 3.33. The lowest BCUT2D eigenvalue weighted by atomic mass is 9.84. The predicted molar refractivity (Wildman–Crippen MR) is 73.4 cm³/mol. The molecule has 98 valence electrons. The first-order valence-electron chi connectivity index (χ1n) is 6.60. The fraction of sp³-hybridized carbons (Fsp3) is 0.571. The van der Waals surface area contributed by atoms with Crippen molar-refractivity contribution in [1.82, 2.24) is 5.32 Å².